The fourth-order valence-electron chi connectivity index (χ4n) is 1.73. The number of nitrogens with zero attached hydrogens (tertiary/aromatic N) is 1. The highest BCUT2D eigenvalue weighted by atomic mass is 16.5. The molecule has 0 saturated carbocycles. The smallest absolute Gasteiger partial charge is 0.329 e. The standard InChI is InChI=1S/C13H24N2O4/c1-9(12(2,3)4)14-11(18)15-7-13(5,8-15)19-6-10(16)17/h9H,6-8H2,1-5H3,(H,14,18)(H,16,17). The zero-order chi connectivity index (χ0) is 14.8. The van der Waals surface area contributed by atoms with Gasteiger partial charge in [0.05, 0.1) is 13.1 Å². The van der Waals surface area contributed by atoms with Crippen molar-refractivity contribution in [2.24, 2.45) is 5.41 Å². The molecule has 1 saturated heterocycles. The van der Waals surface area contributed by atoms with Crippen LogP contribution in [0.25, 0.3) is 0 Å². The maximum atomic E-state index is 12.0. The lowest BCUT2D eigenvalue weighted by Gasteiger charge is -2.47. The number of carbonyl (C=O) groups excluding carboxylic acids is 1. The Hall–Kier alpha value is -1.30. The van der Waals surface area contributed by atoms with Gasteiger partial charge < -0.3 is 20.1 Å². The maximum absolute atomic E-state index is 12.0. The molecule has 110 valence electrons. The molecule has 0 bridgehead atoms. The van der Waals surface area contributed by atoms with E-state index in [-0.39, 0.29) is 24.1 Å². The number of hydrogen-bond acceptors (Lipinski definition) is 3. The lowest BCUT2D eigenvalue weighted by Crippen LogP contribution is -2.66. The predicted octanol–water partition coefficient (Wildman–Crippen LogP) is 1.31. The number of nitrogens with one attached hydrogen (secondary N) is 1. The van der Waals surface area contributed by atoms with E-state index in [0.29, 0.717) is 13.1 Å². The Morgan fingerprint density at radius 1 is 1.42 bits per heavy atom. The van der Waals surface area contributed by atoms with Crippen LogP contribution >= 0.6 is 0 Å². The van der Waals surface area contributed by atoms with Gasteiger partial charge in [0.2, 0.25) is 0 Å². The molecule has 1 aliphatic rings. The van der Waals surface area contributed by atoms with Gasteiger partial charge in [-0.2, -0.15) is 0 Å². The minimum absolute atomic E-state index is 0.00361. The summed E-state index contributed by atoms with van der Waals surface area (Å²) in [5, 5.41) is 11.5. The highest BCUT2D eigenvalue weighted by Gasteiger charge is 2.43. The summed E-state index contributed by atoms with van der Waals surface area (Å²) in [6.45, 7) is 10.5. The molecule has 6 heteroatoms. The highest BCUT2D eigenvalue weighted by molar-refractivity contribution is 5.76. The van der Waals surface area contributed by atoms with Gasteiger partial charge in [-0.15, -0.1) is 0 Å². The normalized spacial score (nSPS) is 19.5. The van der Waals surface area contributed by atoms with Crippen molar-refractivity contribution in [3.63, 3.8) is 0 Å². The Labute approximate surface area is 114 Å². The molecule has 1 atom stereocenters. The fraction of sp³-hybridized carbons (Fsp3) is 0.846. The number of ether oxygens (including phenoxy) is 1. The van der Waals surface area contributed by atoms with Gasteiger partial charge in [-0.05, 0) is 19.3 Å². The van der Waals surface area contributed by atoms with Crippen LogP contribution in [0.3, 0.4) is 0 Å². The SMILES string of the molecule is CC(NC(=O)N1CC(C)(OCC(=O)O)C1)C(C)(C)C. The molecule has 0 aliphatic carbocycles. The topological polar surface area (TPSA) is 78.9 Å². The van der Waals surface area contributed by atoms with Crippen LogP contribution in [0, 0.1) is 5.41 Å². The second-order valence-electron chi connectivity index (χ2n) is 6.53. The van der Waals surface area contributed by atoms with Crippen LogP contribution in [-0.4, -0.2) is 53.3 Å². The number of carboxylic acid groups (broad SMARTS) is 1. The van der Waals surface area contributed by atoms with Crippen LogP contribution < -0.4 is 5.32 Å². The van der Waals surface area contributed by atoms with Gasteiger partial charge >= 0.3 is 12.0 Å². The average molecular weight is 272 g/mol. The molecule has 0 aromatic heterocycles. The summed E-state index contributed by atoms with van der Waals surface area (Å²) in [7, 11) is 0. The molecular weight excluding hydrogens is 248 g/mol. The highest BCUT2D eigenvalue weighted by Crippen LogP contribution is 2.25. The molecule has 1 aliphatic heterocycles. The van der Waals surface area contributed by atoms with Crippen molar-refractivity contribution in [1.29, 1.82) is 0 Å². The Kier molecular flexibility index (Phi) is 4.45. The third-order valence-corrected chi connectivity index (χ3v) is 3.52. The Bertz CT molecular complexity index is 356. The van der Waals surface area contributed by atoms with E-state index < -0.39 is 11.6 Å². The summed E-state index contributed by atoms with van der Waals surface area (Å²) >= 11 is 0. The van der Waals surface area contributed by atoms with Crippen molar-refractivity contribution >= 4 is 12.0 Å². The van der Waals surface area contributed by atoms with Crippen LogP contribution in [-0.2, 0) is 9.53 Å². The van der Waals surface area contributed by atoms with E-state index in [1.807, 2.05) is 13.8 Å². The van der Waals surface area contributed by atoms with E-state index in [4.69, 9.17) is 9.84 Å². The van der Waals surface area contributed by atoms with Gasteiger partial charge in [0.25, 0.3) is 0 Å². The fourth-order valence-corrected chi connectivity index (χ4v) is 1.73. The van der Waals surface area contributed by atoms with Crippen LogP contribution in [0.2, 0.25) is 0 Å². The number of rotatable bonds is 4. The Balaban J connectivity index is 2.37. The lowest BCUT2D eigenvalue weighted by molar-refractivity contribution is -0.159. The zero-order valence-electron chi connectivity index (χ0n) is 12.3. The number of amides is 2. The first-order valence-electron chi connectivity index (χ1n) is 6.45. The molecule has 6 nitrogen and oxygen atoms in total. The van der Waals surface area contributed by atoms with Crippen LogP contribution in [0.4, 0.5) is 4.79 Å². The van der Waals surface area contributed by atoms with Crippen molar-refractivity contribution in [2.45, 2.75) is 46.3 Å². The third kappa shape index (κ3) is 4.38. The Morgan fingerprint density at radius 3 is 2.37 bits per heavy atom. The molecular formula is C13H24N2O4. The number of aliphatic carboxylic acids is 1. The van der Waals surface area contributed by atoms with Crippen LogP contribution in [0.5, 0.6) is 0 Å². The number of carbonyl (C=O) groups is 2. The predicted molar refractivity (Wildman–Crippen MR) is 71.0 cm³/mol. The molecule has 19 heavy (non-hydrogen) atoms. The van der Waals surface area contributed by atoms with Crippen molar-refractivity contribution < 1.29 is 19.4 Å². The van der Waals surface area contributed by atoms with Crippen molar-refractivity contribution in [1.82, 2.24) is 10.2 Å². The lowest BCUT2D eigenvalue weighted by atomic mass is 9.88. The summed E-state index contributed by atoms with van der Waals surface area (Å²) in [6.07, 6.45) is 0. The Morgan fingerprint density at radius 2 is 1.95 bits per heavy atom. The van der Waals surface area contributed by atoms with Gasteiger partial charge in [-0.25, -0.2) is 9.59 Å². The first kappa shape index (κ1) is 15.8. The number of likely N-dealkylation sites (tertiary alicyclic amines) is 1. The molecule has 0 aromatic carbocycles. The molecule has 2 N–H and O–H groups in total. The van der Waals surface area contributed by atoms with Gasteiger partial charge in [0.15, 0.2) is 0 Å². The molecule has 0 spiro atoms. The van der Waals surface area contributed by atoms with E-state index in [0.717, 1.165) is 0 Å². The molecule has 0 aromatic rings. The van der Waals surface area contributed by atoms with Gasteiger partial charge in [-0.1, -0.05) is 20.8 Å². The van der Waals surface area contributed by atoms with E-state index in [1.165, 1.54) is 0 Å². The number of carboxylic acids is 1. The summed E-state index contributed by atoms with van der Waals surface area (Å²) in [6, 6.07) is -0.0642. The second kappa shape index (κ2) is 5.36. The van der Waals surface area contributed by atoms with Crippen molar-refractivity contribution in [3.8, 4) is 0 Å². The summed E-state index contributed by atoms with van der Waals surface area (Å²) in [4.78, 5) is 24.0. The van der Waals surface area contributed by atoms with Gasteiger partial charge in [-0.3, -0.25) is 0 Å². The summed E-state index contributed by atoms with van der Waals surface area (Å²) < 4.78 is 5.26. The number of urea groups is 1. The molecule has 1 fully saturated rings. The van der Waals surface area contributed by atoms with E-state index in [2.05, 4.69) is 26.1 Å². The minimum Gasteiger partial charge on any atom is -0.480 e. The molecule has 0 radical (unpaired) electrons. The molecule has 1 rings (SSSR count). The first-order valence-corrected chi connectivity index (χ1v) is 6.45. The van der Waals surface area contributed by atoms with Crippen molar-refractivity contribution in [3.05, 3.63) is 0 Å². The second-order valence-corrected chi connectivity index (χ2v) is 6.53. The quantitative estimate of drug-likeness (QED) is 0.808. The largest absolute Gasteiger partial charge is 0.480 e. The first-order chi connectivity index (χ1) is 8.53. The van der Waals surface area contributed by atoms with Gasteiger partial charge in [0.1, 0.15) is 12.2 Å². The monoisotopic (exact) mass is 272 g/mol. The third-order valence-electron chi connectivity index (χ3n) is 3.52. The van der Waals surface area contributed by atoms with E-state index in [9.17, 15) is 9.59 Å². The molecule has 1 unspecified atom stereocenters. The van der Waals surface area contributed by atoms with E-state index in [1.54, 1.807) is 4.90 Å². The van der Waals surface area contributed by atoms with Crippen LogP contribution in [0.15, 0.2) is 0 Å². The van der Waals surface area contributed by atoms with Gasteiger partial charge in [0, 0.05) is 6.04 Å². The molecule has 2 amide bonds. The van der Waals surface area contributed by atoms with Crippen molar-refractivity contribution in [2.75, 3.05) is 19.7 Å². The molecule has 1 heterocycles. The zero-order valence-corrected chi connectivity index (χ0v) is 12.3. The number of hydrogen-bond donors (Lipinski definition) is 2. The minimum atomic E-state index is -0.995. The van der Waals surface area contributed by atoms with E-state index >= 15 is 0 Å². The maximum Gasteiger partial charge on any atom is 0.329 e. The van der Waals surface area contributed by atoms with Crippen LogP contribution in [0.1, 0.15) is 34.6 Å². The average Bonchev–Trinajstić information content (AvgIpc) is 2.20. The summed E-state index contributed by atoms with van der Waals surface area (Å²) in [5.74, 6) is -0.995. The summed E-state index contributed by atoms with van der Waals surface area (Å²) in [5.41, 5.74) is -0.537.